The van der Waals surface area contributed by atoms with Crippen LogP contribution in [0.25, 0.3) is 11.0 Å². The maximum Gasteiger partial charge on any atom is 0.283 e. The van der Waals surface area contributed by atoms with E-state index in [2.05, 4.69) is 39.9 Å². The molecule has 0 unspecified atom stereocenters. The zero-order chi connectivity index (χ0) is 11.5. The number of aromatic nitrogens is 6. The number of hydrogen-bond donors (Lipinski definition) is 2. The second-order valence-corrected chi connectivity index (χ2v) is 3.61. The Morgan fingerprint density at radius 3 is 3.24 bits per heavy atom. The minimum atomic E-state index is 0.310. The van der Waals surface area contributed by atoms with Gasteiger partial charge in [-0.2, -0.15) is 19.1 Å². The van der Waals surface area contributed by atoms with Crippen LogP contribution in [0.4, 0.5) is 5.95 Å². The molecule has 2 aromatic heterocycles. The second-order valence-electron chi connectivity index (χ2n) is 3.08. The van der Waals surface area contributed by atoms with Crippen molar-refractivity contribution in [1.82, 2.24) is 29.4 Å². The minimum Gasteiger partial charge on any atom is -0.243 e. The second kappa shape index (κ2) is 4.22. The number of rotatable bonds is 3. The van der Waals surface area contributed by atoms with Gasteiger partial charge in [-0.05, 0) is 11.3 Å². The zero-order valence-corrected chi connectivity index (χ0v) is 9.22. The third-order valence-corrected chi connectivity index (χ3v) is 2.57. The number of hydrogen-bond acceptors (Lipinski definition) is 8. The molecule has 0 amide bonds. The zero-order valence-electron chi connectivity index (χ0n) is 8.40. The van der Waals surface area contributed by atoms with Crippen LogP contribution in [0, 0.1) is 0 Å². The summed E-state index contributed by atoms with van der Waals surface area (Å²) in [6, 6.07) is 5.72. The molecule has 9 heteroatoms. The van der Waals surface area contributed by atoms with E-state index in [0.29, 0.717) is 5.95 Å². The van der Waals surface area contributed by atoms with E-state index in [-0.39, 0.29) is 0 Å². The number of anilines is 1. The highest BCUT2D eigenvalue weighted by Crippen LogP contribution is 2.14. The van der Waals surface area contributed by atoms with Crippen molar-refractivity contribution in [3.05, 3.63) is 23.8 Å². The van der Waals surface area contributed by atoms with Crippen molar-refractivity contribution >= 4 is 34.9 Å². The lowest BCUT2D eigenvalue weighted by molar-refractivity contribution is 0.881. The van der Waals surface area contributed by atoms with Gasteiger partial charge in [0, 0.05) is 5.56 Å². The van der Waals surface area contributed by atoms with Crippen LogP contribution >= 0.6 is 11.7 Å². The third kappa shape index (κ3) is 1.95. The molecule has 0 fully saturated rings. The van der Waals surface area contributed by atoms with E-state index in [1.807, 2.05) is 18.2 Å². The first-order valence-electron chi connectivity index (χ1n) is 4.67. The summed E-state index contributed by atoms with van der Waals surface area (Å²) < 4.78 is 8.34. The highest BCUT2D eigenvalue weighted by molar-refractivity contribution is 7.00. The summed E-state index contributed by atoms with van der Waals surface area (Å²) in [6.07, 6.45) is 1.64. The van der Waals surface area contributed by atoms with Crippen molar-refractivity contribution < 1.29 is 0 Å². The van der Waals surface area contributed by atoms with Gasteiger partial charge in [0.1, 0.15) is 11.0 Å². The van der Waals surface area contributed by atoms with Gasteiger partial charge in [-0.25, -0.2) is 5.43 Å². The fraction of sp³-hybridized carbons (Fsp3) is 0. The SMILES string of the molecule is C(=N\Nc1nn[nH]n1)/c1cccc2nsnc12. The summed E-state index contributed by atoms with van der Waals surface area (Å²) in [5.41, 5.74) is 5.21. The normalized spacial score (nSPS) is 11.3. The van der Waals surface area contributed by atoms with Gasteiger partial charge >= 0.3 is 0 Å². The van der Waals surface area contributed by atoms with E-state index >= 15 is 0 Å². The predicted molar refractivity (Wildman–Crippen MR) is 62.8 cm³/mol. The summed E-state index contributed by atoms with van der Waals surface area (Å²) in [5.74, 6) is 0.310. The molecule has 84 valence electrons. The number of aromatic amines is 1. The molecule has 3 rings (SSSR count). The van der Waals surface area contributed by atoms with Gasteiger partial charge in [-0.15, -0.1) is 5.10 Å². The Morgan fingerprint density at radius 2 is 2.35 bits per heavy atom. The fourth-order valence-corrected chi connectivity index (χ4v) is 1.86. The summed E-state index contributed by atoms with van der Waals surface area (Å²) in [4.78, 5) is 0. The van der Waals surface area contributed by atoms with E-state index < -0.39 is 0 Å². The van der Waals surface area contributed by atoms with Crippen molar-refractivity contribution in [3.63, 3.8) is 0 Å². The lowest BCUT2D eigenvalue weighted by atomic mass is 10.2. The van der Waals surface area contributed by atoms with Crippen LogP contribution in [-0.4, -0.2) is 35.6 Å². The molecule has 0 aliphatic heterocycles. The van der Waals surface area contributed by atoms with Crippen LogP contribution < -0.4 is 5.43 Å². The first kappa shape index (κ1) is 9.78. The van der Waals surface area contributed by atoms with Crippen LogP contribution in [0.15, 0.2) is 23.3 Å². The Morgan fingerprint density at radius 1 is 1.35 bits per heavy atom. The number of hydrazone groups is 1. The van der Waals surface area contributed by atoms with Gasteiger partial charge in [0.2, 0.25) is 0 Å². The number of fused-ring (bicyclic) bond motifs is 1. The first-order valence-corrected chi connectivity index (χ1v) is 5.40. The molecule has 8 nitrogen and oxygen atoms in total. The number of benzene rings is 1. The Hall–Kier alpha value is -2.42. The van der Waals surface area contributed by atoms with E-state index in [0.717, 1.165) is 16.6 Å². The molecule has 0 radical (unpaired) electrons. The van der Waals surface area contributed by atoms with Crippen molar-refractivity contribution in [2.75, 3.05) is 5.43 Å². The van der Waals surface area contributed by atoms with Crippen LogP contribution in [0.3, 0.4) is 0 Å². The topological polar surface area (TPSA) is 105 Å². The molecule has 0 atom stereocenters. The molecule has 0 aliphatic carbocycles. The van der Waals surface area contributed by atoms with Crippen LogP contribution in [0.2, 0.25) is 0 Å². The van der Waals surface area contributed by atoms with Crippen molar-refractivity contribution in [3.8, 4) is 0 Å². The fourth-order valence-electron chi connectivity index (χ4n) is 1.30. The van der Waals surface area contributed by atoms with Gasteiger partial charge in [0.05, 0.1) is 17.9 Å². The molecular weight excluding hydrogens is 240 g/mol. The quantitative estimate of drug-likeness (QED) is 0.519. The maximum absolute atomic E-state index is 4.20. The van der Waals surface area contributed by atoms with E-state index in [9.17, 15) is 0 Å². The molecule has 1 aromatic carbocycles. The van der Waals surface area contributed by atoms with E-state index in [1.165, 1.54) is 11.7 Å². The number of nitrogens with one attached hydrogen (secondary N) is 2. The summed E-state index contributed by atoms with van der Waals surface area (Å²) in [5, 5.41) is 17.1. The first-order chi connectivity index (χ1) is 8.43. The summed E-state index contributed by atoms with van der Waals surface area (Å²) in [6.45, 7) is 0. The van der Waals surface area contributed by atoms with Gasteiger partial charge in [0.25, 0.3) is 5.95 Å². The van der Waals surface area contributed by atoms with Crippen molar-refractivity contribution in [2.45, 2.75) is 0 Å². The molecule has 2 heterocycles. The molecule has 0 bridgehead atoms. The molecule has 0 spiro atoms. The average molecular weight is 246 g/mol. The maximum atomic E-state index is 4.20. The molecule has 3 aromatic rings. The molecule has 0 saturated carbocycles. The van der Waals surface area contributed by atoms with Gasteiger partial charge in [-0.3, -0.25) is 0 Å². The highest BCUT2D eigenvalue weighted by atomic mass is 32.1. The Labute approximate surface area is 99.1 Å². The molecular formula is C8H6N8S. The van der Waals surface area contributed by atoms with Gasteiger partial charge in [0.15, 0.2) is 0 Å². The summed E-state index contributed by atoms with van der Waals surface area (Å²) in [7, 11) is 0. The standard InChI is InChI=1S/C8H6N8S/c1-2-5(7-6(3-1)13-17-14-7)4-9-10-8-11-15-16-12-8/h1-4H,(H2,10,11,12,15,16)/b9-4+. The number of tetrazole rings is 1. The Kier molecular flexibility index (Phi) is 2.43. The third-order valence-electron chi connectivity index (χ3n) is 2.03. The smallest absolute Gasteiger partial charge is 0.243 e. The van der Waals surface area contributed by atoms with Gasteiger partial charge < -0.3 is 0 Å². The lowest BCUT2D eigenvalue weighted by Gasteiger charge is -1.93. The Bertz CT molecular complexity index is 642. The summed E-state index contributed by atoms with van der Waals surface area (Å²) >= 11 is 1.18. The monoisotopic (exact) mass is 246 g/mol. The van der Waals surface area contributed by atoms with Crippen molar-refractivity contribution in [1.29, 1.82) is 0 Å². The van der Waals surface area contributed by atoms with Crippen LogP contribution in [0.5, 0.6) is 0 Å². The van der Waals surface area contributed by atoms with Crippen molar-refractivity contribution in [2.24, 2.45) is 5.10 Å². The van der Waals surface area contributed by atoms with Crippen LogP contribution in [0.1, 0.15) is 5.56 Å². The molecule has 2 N–H and O–H groups in total. The number of nitrogens with zero attached hydrogens (tertiary/aromatic N) is 6. The van der Waals surface area contributed by atoms with E-state index in [4.69, 9.17) is 0 Å². The average Bonchev–Trinajstić information content (AvgIpc) is 2.99. The Balaban J connectivity index is 1.85. The van der Waals surface area contributed by atoms with E-state index in [1.54, 1.807) is 6.21 Å². The number of H-pyrrole nitrogens is 1. The molecule has 17 heavy (non-hydrogen) atoms. The molecule has 0 saturated heterocycles. The molecule has 0 aliphatic rings. The minimum absolute atomic E-state index is 0.310. The van der Waals surface area contributed by atoms with Crippen LogP contribution in [-0.2, 0) is 0 Å². The van der Waals surface area contributed by atoms with Gasteiger partial charge in [-0.1, -0.05) is 17.2 Å². The highest BCUT2D eigenvalue weighted by Gasteiger charge is 2.02. The largest absolute Gasteiger partial charge is 0.283 e. The predicted octanol–water partition coefficient (Wildman–Crippen LogP) is 0.650. The lowest BCUT2D eigenvalue weighted by Crippen LogP contribution is -1.93.